The smallest absolute Gasteiger partial charge is 0.230 e. The number of amides is 1. The molecule has 2 aromatic heterocycles. The number of benzene rings is 1. The summed E-state index contributed by atoms with van der Waals surface area (Å²) >= 11 is 1.44. The zero-order chi connectivity index (χ0) is 22.1. The summed E-state index contributed by atoms with van der Waals surface area (Å²) in [5.74, 6) is 3.46. The van der Waals surface area contributed by atoms with E-state index in [2.05, 4.69) is 46.5 Å². The third kappa shape index (κ3) is 4.18. The SMILES string of the molecule is Cc1ccccc1-n1c(SCC(=O)NC(C)C2CC3CCC2C3)nnc1-c1ccncc1. The normalized spacial score (nSPS) is 22.8. The molecule has 0 radical (unpaired) electrons. The minimum atomic E-state index is 0.0649. The summed E-state index contributed by atoms with van der Waals surface area (Å²) in [5.41, 5.74) is 3.08. The molecule has 6 nitrogen and oxygen atoms in total. The molecule has 0 saturated heterocycles. The molecule has 2 aliphatic carbocycles. The molecule has 7 heteroatoms. The molecule has 32 heavy (non-hydrogen) atoms. The van der Waals surface area contributed by atoms with Crippen LogP contribution in [0.25, 0.3) is 17.1 Å². The van der Waals surface area contributed by atoms with Crippen LogP contribution in [0.5, 0.6) is 0 Å². The number of pyridine rings is 1. The van der Waals surface area contributed by atoms with Gasteiger partial charge >= 0.3 is 0 Å². The molecule has 2 saturated carbocycles. The standard InChI is InChI=1S/C25H29N5OS/c1-16-5-3-4-6-22(16)30-24(19-9-11-26-12-10-19)28-29-25(30)32-15-23(31)27-17(2)21-14-18-7-8-20(21)13-18/h3-6,9-12,17-18,20-21H,7-8,13-15H2,1-2H3,(H,27,31). The van der Waals surface area contributed by atoms with Gasteiger partial charge in [-0.2, -0.15) is 0 Å². The summed E-state index contributed by atoms with van der Waals surface area (Å²) in [7, 11) is 0. The second-order valence-corrected chi connectivity index (χ2v) is 10.1. The molecule has 4 atom stereocenters. The van der Waals surface area contributed by atoms with Crippen LogP contribution in [0.3, 0.4) is 0 Å². The Morgan fingerprint density at radius 3 is 2.69 bits per heavy atom. The number of hydrogen-bond donors (Lipinski definition) is 1. The van der Waals surface area contributed by atoms with Crippen molar-refractivity contribution < 1.29 is 4.79 Å². The van der Waals surface area contributed by atoms with Gasteiger partial charge in [0.2, 0.25) is 5.91 Å². The van der Waals surface area contributed by atoms with Crippen LogP contribution < -0.4 is 5.32 Å². The Morgan fingerprint density at radius 2 is 1.97 bits per heavy atom. The van der Waals surface area contributed by atoms with Gasteiger partial charge in [-0.05, 0) is 74.6 Å². The predicted octanol–water partition coefficient (Wildman–Crippen LogP) is 4.67. The minimum Gasteiger partial charge on any atom is -0.353 e. The first-order chi connectivity index (χ1) is 15.6. The molecular weight excluding hydrogens is 418 g/mol. The number of para-hydroxylation sites is 1. The predicted molar refractivity (Wildman–Crippen MR) is 127 cm³/mol. The van der Waals surface area contributed by atoms with Crippen LogP contribution in [-0.2, 0) is 4.79 Å². The van der Waals surface area contributed by atoms with E-state index in [1.807, 2.05) is 28.8 Å². The molecule has 166 valence electrons. The molecule has 2 fully saturated rings. The maximum absolute atomic E-state index is 12.8. The molecule has 1 amide bonds. The monoisotopic (exact) mass is 447 g/mol. The number of rotatable bonds is 7. The third-order valence-electron chi connectivity index (χ3n) is 7.08. The van der Waals surface area contributed by atoms with Crippen molar-refractivity contribution in [3.8, 4) is 17.1 Å². The first kappa shape index (κ1) is 21.2. The van der Waals surface area contributed by atoms with Gasteiger partial charge < -0.3 is 5.32 Å². The maximum Gasteiger partial charge on any atom is 0.230 e. The van der Waals surface area contributed by atoms with Crippen molar-refractivity contribution in [1.29, 1.82) is 0 Å². The molecule has 2 aliphatic rings. The quantitative estimate of drug-likeness (QED) is 0.533. The highest BCUT2D eigenvalue weighted by molar-refractivity contribution is 7.99. The number of aryl methyl sites for hydroxylation is 1. The van der Waals surface area contributed by atoms with Gasteiger partial charge in [0.1, 0.15) is 0 Å². The highest BCUT2D eigenvalue weighted by atomic mass is 32.2. The van der Waals surface area contributed by atoms with E-state index in [1.54, 1.807) is 12.4 Å². The largest absolute Gasteiger partial charge is 0.353 e. The van der Waals surface area contributed by atoms with E-state index in [0.717, 1.165) is 34.5 Å². The second-order valence-electron chi connectivity index (χ2n) is 9.15. The number of nitrogens with zero attached hydrogens (tertiary/aromatic N) is 4. The lowest BCUT2D eigenvalue weighted by atomic mass is 9.84. The molecule has 1 N–H and O–H groups in total. The van der Waals surface area contributed by atoms with Crippen molar-refractivity contribution in [3.63, 3.8) is 0 Å². The lowest BCUT2D eigenvalue weighted by molar-refractivity contribution is -0.119. The first-order valence-electron chi connectivity index (χ1n) is 11.4. The van der Waals surface area contributed by atoms with E-state index >= 15 is 0 Å². The fraction of sp³-hybridized carbons (Fsp3) is 0.440. The summed E-state index contributed by atoms with van der Waals surface area (Å²) < 4.78 is 2.04. The maximum atomic E-state index is 12.8. The lowest BCUT2D eigenvalue weighted by Gasteiger charge is -2.28. The van der Waals surface area contributed by atoms with Crippen LogP contribution in [0.15, 0.2) is 53.9 Å². The molecular formula is C25H29N5OS. The van der Waals surface area contributed by atoms with Crippen LogP contribution >= 0.6 is 11.8 Å². The number of thioether (sulfide) groups is 1. The third-order valence-corrected chi connectivity index (χ3v) is 8.01. The highest BCUT2D eigenvalue weighted by Gasteiger charge is 2.42. The topological polar surface area (TPSA) is 72.7 Å². The van der Waals surface area contributed by atoms with Crippen molar-refractivity contribution in [1.82, 2.24) is 25.1 Å². The van der Waals surface area contributed by atoms with E-state index in [4.69, 9.17) is 0 Å². The Labute approximate surface area is 193 Å². The van der Waals surface area contributed by atoms with Crippen LogP contribution in [0, 0.1) is 24.7 Å². The Hall–Kier alpha value is -2.67. The fourth-order valence-corrected chi connectivity index (χ4v) is 6.28. The van der Waals surface area contributed by atoms with Gasteiger partial charge in [0.15, 0.2) is 11.0 Å². The summed E-state index contributed by atoms with van der Waals surface area (Å²) in [4.78, 5) is 16.9. The number of carbonyl (C=O) groups excluding carboxylic acids is 1. The summed E-state index contributed by atoms with van der Waals surface area (Å²) in [6, 6.07) is 12.3. The molecule has 1 aromatic carbocycles. The van der Waals surface area contributed by atoms with Gasteiger partial charge in [-0.15, -0.1) is 10.2 Å². The van der Waals surface area contributed by atoms with Crippen LogP contribution in [0.2, 0.25) is 0 Å². The van der Waals surface area contributed by atoms with Crippen molar-refractivity contribution >= 4 is 17.7 Å². The van der Waals surface area contributed by atoms with Gasteiger partial charge in [-0.1, -0.05) is 36.4 Å². The number of hydrogen-bond acceptors (Lipinski definition) is 5. The van der Waals surface area contributed by atoms with Gasteiger partial charge in [0.25, 0.3) is 0 Å². The zero-order valence-electron chi connectivity index (χ0n) is 18.6. The summed E-state index contributed by atoms with van der Waals surface area (Å²) in [6.07, 6.45) is 8.86. The molecule has 0 aliphatic heterocycles. The number of nitrogens with one attached hydrogen (secondary N) is 1. The average molecular weight is 448 g/mol. The van der Waals surface area contributed by atoms with Crippen LogP contribution in [0.1, 0.15) is 38.2 Å². The molecule has 5 rings (SSSR count). The Morgan fingerprint density at radius 1 is 1.16 bits per heavy atom. The zero-order valence-corrected chi connectivity index (χ0v) is 19.4. The van der Waals surface area contributed by atoms with Crippen molar-refractivity contribution in [2.45, 2.75) is 50.7 Å². The summed E-state index contributed by atoms with van der Waals surface area (Å²) in [6.45, 7) is 4.25. The number of fused-ring (bicyclic) bond motifs is 2. The number of carbonyl (C=O) groups is 1. The number of aromatic nitrogens is 4. The van der Waals surface area contributed by atoms with Crippen molar-refractivity contribution in [3.05, 3.63) is 54.4 Å². The molecule has 4 unspecified atom stereocenters. The summed E-state index contributed by atoms with van der Waals surface area (Å²) in [5, 5.41) is 12.9. The van der Waals surface area contributed by atoms with Crippen molar-refractivity contribution in [2.24, 2.45) is 17.8 Å². The van der Waals surface area contributed by atoms with Gasteiger partial charge in [-0.3, -0.25) is 14.3 Å². The van der Waals surface area contributed by atoms with Crippen LogP contribution in [0.4, 0.5) is 0 Å². The van der Waals surface area contributed by atoms with E-state index in [0.29, 0.717) is 16.8 Å². The molecule has 3 aromatic rings. The molecule has 2 heterocycles. The molecule has 2 bridgehead atoms. The van der Waals surface area contributed by atoms with Crippen LogP contribution in [-0.4, -0.2) is 37.5 Å². The van der Waals surface area contributed by atoms with Crippen molar-refractivity contribution in [2.75, 3.05) is 5.75 Å². The van der Waals surface area contributed by atoms with Gasteiger partial charge in [-0.25, -0.2) is 0 Å². The first-order valence-corrected chi connectivity index (χ1v) is 12.4. The molecule has 0 spiro atoms. The lowest BCUT2D eigenvalue weighted by Crippen LogP contribution is -2.40. The van der Waals surface area contributed by atoms with E-state index < -0.39 is 0 Å². The van der Waals surface area contributed by atoms with Gasteiger partial charge in [0.05, 0.1) is 11.4 Å². The minimum absolute atomic E-state index is 0.0649. The fourth-order valence-electron chi connectivity index (χ4n) is 5.52. The van der Waals surface area contributed by atoms with E-state index in [1.165, 1.54) is 37.4 Å². The Kier molecular flexibility index (Phi) is 6.00. The van der Waals surface area contributed by atoms with Gasteiger partial charge in [0, 0.05) is 24.0 Å². The Bertz CT molecular complexity index is 1100. The average Bonchev–Trinajstić information content (AvgIpc) is 3.54. The van der Waals surface area contributed by atoms with E-state index in [9.17, 15) is 4.79 Å². The van der Waals surface area contributed by atoms with E-state index in [-0.39, 0.29) is 11.9 Å². The second kappa shape index (κ2) is 9.06. The highest BCUT2D eigenvalue weighted by Crippen LogP contribution is 2.49. The Balaban J connectivity index is 1.33.